The van der Waals surface area contributed by atoms with Crippen LogP contribution in [0.15, 0.2) is 78.9 Å². The van der Waals surface area contributed by atoms with Gasteiger partial charge in [-0.25, -0.2) is 0 Å². The van der Waals surface area contributed by atoms with Crippen LogP contribution in [-0.2, 0) is 26.0 Å². The number of benzene rings is 4. The van der Waals surface area contributed by atoms with Gasteiger partial charge in [-0.2, -0.15) is 0 Å². The lowest BCUT2D eigenvalue weighted by Crippen LogP contribution is -2.39. The normalized spacial score (nSPS) is 11.0. The van der Waals surface area contributed by atoms with Gasteiger partial charge in [-0.3, -0.25) is 4.90 Å². The maximum Gasteiger partial charge on any atom is 0.162 e. The minimum absolute atomic E-state index is 0.361. The second-order valence-electron chi connectivity index (χ2n) is 13.3. The predicted molar refractivity (Wildman–Crippen MR) is 259 cm³/mol. The highest BCUT2D eigenvalue weighted by atomic mass is 16.5. The van der Waals surface area contributed by atoms with E-state index in [2.05, 4.69) is 255 Å². The van der Waals surface area contributed by atoms with Crippen LogP contribution in [-0.4, -0.2) is 23.5 Å². The summed E-state index contributed by atoms with van der Waals surface area (Å²) in [7, 11) is 1.73. The molecule has 296 valence electrons. The lowest BCUT2D eigenvalue weighted by atomic mass is 9.85. The van der Waals surface area contributed by atoms with Crippen LogP contribution < -0.4 is 9.47 Å². The molecule has 0 aliphatic carbocycles. The number of methoxy groups -OCH3 is 1. The number of hydrogen-bond donors (Lipinski definition) is 1. The molecule has 1 aromatic heterocycles. The molecule has 7 rings (SSSR count). The molecule has 3 heterocycles. The molecule has 65 heavy (non-hydrogen) atoms. The van der Waals surface area contributed by atoms with Crippen molar-refractivity contribution in [3.05, 3.63) is 107 Å². The van der Waals surface area contributed by atoms with E-state index in [9.17, 15) is 0 Å². The van der Waals surface area contributed by atoms with Crippen LogP contribution in [0.2, 0.25) is 0 Å². The van der Waals surface area contributed by atoms with Gasteiger partial charge in [-0.1, -0.05) is 54.6 Å². The molecular formula is C61H30N2O2. The Bertz CT molecular complexity index is 3540. The van der Waals surface area contributed by atoms with E-state index in [0.717, 1.165) is 43.0 Å². The lowest BCUT2D eigenvalue weighted by molar-refractivity contribution is 0.158. The van der Waals surface area contributed by atoms with Crippen LogP contribution in [0, 0.1) is 179 Å². The van der Waals surface area contributed by atoms with E-state index in [4.69, 9.17) is 22.3 Å². The topological polar surface area (TPSA) is 37.5 Å². The fourth-order valence-electron chi connectivity index (χ4n) is 6.79. The first-order valence-electron chi connectivity index (χ1n) is 19.7. The van der Waals surface area contributed by atoms with Gasteiger partial charge in [0.1, 0.15) is 6.61 Å². The Balaban J connectivity index is 0.000000220. The minimum atomic E-state index is 0.361. The zero-order valence-corrected chi connectivity index (χ0v) is 35.0. The number of nitrogens with zero attached hydrogens (tertiary/aromatic N) is 1. The molecule has 4 heteroatoms. The van der Waals surface area contributed by atoms with Crippen LogP contribution in [0.1, 0.15) is 34.0 Å². The highest BCUT2D eigenvalue weighted by molar-refractivity contribution is 5.85. The molecule has 4 aromatic carbocycles. The molecule has 4 nitrogen and oxygen atoms in total. The summed E-state index contributed by atoms with van der Waals surface area (Å²) in [4.78, 5) is 6.28. The third-order valence-electron chi connectivity index (χ3n) is 9.47. The van der Waals surface area contributed by atoms with E-state index in [0.29, 0.717) is 12.6 Å². The highest BCUT2D eigenvalue weighted by Gasteiger charge is 2.34. The van der Waals surface area contributed by atoms with Gasteiger partial charge in [0.05, 0.1) is 7.11 Å². The van der Waals surface area contributed by atoms with E-state index in [1.807, 2.05) is 0 Å². The van der Waals surface area contributed by atoms with Crippen molar-refractivity contribution in [2.75, 3.05) is 13.7 Å². The van der Waals surface area contributed by atoms with Gasteiger partial charge in [-0.05, 0) is 165 Å². The van der Waals surface area contributed by atoms with Crippen molar-refractivity contribution in [2.45, 2.75) is 32.0 Å². The van der Waals surface area contributed by atoms with Crippen molar-refractivity contribution in [3.8, 4) is 190 Å². The number of hydrogen-bond acceptors (Lipinski definition) is 3. The number of fused-ring (bicyclic) bond motifs is 7. The Morgan fingerprint density at radius 3 is 1.62 bits per heavy atom. The summed E-state index contributed by atoms with van der Waals surface area (Å²) in [5.74, 6) is 69.8. The average Bonchev–Trinajstić information content (AvgIpc) is 3.71. The first-order chi connectivity index (χ1) is 32.2. The molecule has 0 radical (unpaired) electrons. The van der Waals surface area contributed by atoms with Crippen LogP contribution in [0.25, 0.3) is 21.7 Å². The quantitative estimate of drug-likeness (QED) is 0.202. The molecule has 1 atom stereocenters. The summed E-state index contributed by atoms with van der Waals surface area (Å²) in [6.07, 6.45) is 11.9. The summed E-state index contributed by atoms with van der Waals surface area (Å²) in [6, 6.07) is 28.4. The molecule has 0 spiro atoms. The van der Waals surface area contributed by atoms with Crippen molar-refractivity contribution in [1.82, 2.24) is 9.88 Å². The zero-order chi connectivity index (χ0) is 45.2. The van der Waals surface area contributed by atoms with Crippen LogP contribution in [0.3, 0.4) is 0 Å². The third-order valence-corrected chi connectivity index (χ3v) is 9.47. The van der Waals surface area contributed by atoms with Crippen molar-refractivity contribution in [1.29, 1.82) is 0 Å². The number of nitrogens with one attached hydrogen (secondary N) is 1. The van der Waals surface area contributed by atoms with Gasteiger partial charge in [0.15, 0.2) is 11.5 Å². The van der Waals surface area contributed by atoms with Crippen molar-refractivity contribution in [2.24, 2.45) is 0 Å². The summed E-state index contributed by atoms with van der Waals surface area (Å²) in [5, 5.41) is 3.84. The van der Waals surface area contributed by atoms with Gasteiger partial charge in [0.25, 0.3) is 0 Å². The lowest BCUT2D eigenvalue weighted by Gasteiger charge is -2.40. The van der Waals surface area contributed by atoms with Gasteiger partial charge < -0.3 is 14.5 Å². The maximum absolute atomic E-state index is 6.38. The Kier molecular flexibility index (Phi) is 16.8. The van der Waals surface area contributed by atoms with Gasteiger partial charge in [-0.15, -0.1) is 12.8 Å². The Morgan fingerprint density at radius 2 is 1.08 bits per heavy atom. The molecule has 2 aliphatic rings. The molecule has 5 aromatic rings. The fourth-order valence-corrected chi connectivity index (χ4v) is 6.79. The van der Waals surface area contributed by atoms with Crippen LogP contribution in [0.5, 0.6) is 11.5 Å². The van der Waals surface area contributed by atoms with Crippen LogP contribution in [0.4, 0.5) is 0 Å². The zero-order valence-electron chi connectivity index (χ0n) is 35.0. The van der Waals surface area contributed by atoms with Gasteiger partial charge in [0.2, 0.25) is 0 Å². The largest absolute Gasteiger partial charge is 0.493 e. The van der Waals surface area contributed by atoms with E-state index in [1.165, 1.54) is 44.1 Å². The van der Waals surface area contributed by atoms with Gasteiger partial charge >= 0.3 is 0 Å². The van der Waals surface area contributed by atoms with Crippen LogP contribution >= 0.6 is 0 Å². The monoisotopic (exact) mass is 822 g/mol. The number of aromatic nitrogens is 1. The molecule has 0 saturated heterocycles. The standard InChI is InChI=1S/C31H28N2O2.C30H2/c1-34-30-15-23-12-13-33-18-28-26(24-8-4-5-9-27(24)32-28)16-29(33)25(23)17-31(30)35-19-20-10-11-21-6-2-3-7-22(21)14-20;1-3-5-7-9-11-13-15-17-19-21-23-25-27-29-30-28-26-24-22-20-18-16-14-12-10-8-6-4-2/h2-11,14-15,17,29,32H,12-13,16,18-19H2,1H3;1-2H. The second kappa shape index (κ2) is 24.7. The molecule has 0 fully saturated rings. The second-order valence-corrected chi connectivity index (χ2v) is 13.3. The minimum Gasteiger partial charge on any atom is -0.493 e. The summed E-state index contributed by atoms with van der Waals surface area (Å²) >= 11 is 0. The first kappa shape index (κ1) is 44.2. The molecule has 0 bridgehead atoms. The number of terminal acetylenes is 2. The number of ether oxygens (including phenoxy) is 2. The summed E-state index contributed by atoms with van der Waals surface area (Å²) < 4.78 is 12.1. The highest BCUT2D eigenvalue weighted by Crippen LogP contribution is 2.44. The Labute approximate surface area is 382 Å². The fraction of sp³-hybridized carbons (Fsp3) is 0.115. The van der Waals surface area contributed by atoms with Crippen molar-refractivity contribution >= 4 is 21.7 Å². The summed E-state index contributed by atoms with van der Waals surface area (Å²) in [5.41, 5.74) is 7.99. The SMILES string of the molecule is C#CC#CC#CC#CC#CC#CC#CC#CC#CC#CC#CC#CC#CC#CC#C.COc1cc2c(cc1OCc1ccc3ccccc3c1)C1Cc3c([nH]c4ccccc34)CN1CC2. The number of rotatable bonds is 4. The predicted octanol–water partition coefficient (Wildman–Crippen LogP) is 6.86. The molecule has 1 N–H and O–H groups in total. The third kappa shape index (κ3) is 13.3. The van der Waals surface area contributed by atoms with E-state index >= 15 is 0 Å². The molecule has 0 saturated carbocycles. The molecule has 0 amide bonds. The van der Waals surface area contributed by atoms with Gasteiger partial charge in [0, 0.05) is 107 Å². The number of H-pyrrole nitrogens is 1. The number of para-hydroxylation sites is 1. The first-order valence-corrected chi connectivity index (χ1v) is 19.7. The average molecular weight is 823 g/mol. The maximum atomic E-state index is 6.38. The van der Waals surface area contributed by atoms with Crippen molar-refractivity contribution < 1.29 is 9.47 Å². The Morgan fingerprint density at radius 1 is 0.569 bits per heavy atom. The molecule has 2 aliphatic heterocycles. The number of aromatic amines is 1. The van der Waals surface area contributed by atoms with E-state index in [1.54, 1.807) is 7.11 Å². The Hall–Kier alpha value is -10.4. The van der Waals surface area contributed by atoms with Crippen molar-refractivity contribution in [3.63, 3.8) is 0 Å². The summed E-state index contributed by atoms with van der Waals surface area (Å²) in [6.45, 7) is 2.54. The van der Waals surface area contributed by atoms with E-state index < -0.39 is 0 Å². The molecule has 1 unspecified atom stereocenters. The smallest absolute Gasteiger partial charge is 0.162 e. The molecular weight excluding hydrogens is 793 g/mol. The van der Waals surface area contributed by atoms with E-state index in [-0.39, 0.29) is 0 Å².